The predicted octanol–water partition coefficient (Wildman–Crippen LogP) is 1.68. The quantitative estimate of drug-likeness (QED) is 0.536. The fourth-order valence-corrected chi connectivity index (χ4v) is 1.72. The molecule has 60 valence electrons. The third kappa shape index (κ3) is 0.918. The Bertz CT molecular complexity index is 447. The van der Waals surface area contributed by atoms with E-state index >= 15 is 0 Å². The van der Waals surface area contributed by atoms with Crippen molar-refractivity contribution in [2.24, 2.45) is 0 Å². The lowest BCUT2D eigenvalue weighted by Crippen LogP contribution is -2.26. The summed E-state index contributed by atoms with van der Waals surface area (Å²) in [6, 6.07) is 6.43. The van der Waals surface area contributed by atoms with Gasteiger partial charge in [-0.2, -0.15) is 0 Å². The first-order valence-electron chi connectivity index (χ1n) is 4.27. The molecule has 0 unspecified atom stereocenters. The van der Waals surface area contributed by atoms with Crippen LogP contribution in [0.1, 0.15) is 19.4 Å². The molecular weight excluding hydrogens is 144 g/mol. The molecule has 0 aliphatic heterocycles. The Morgan fingerprint density at radius 2 is 2.00 bits per heavy atom. The van der Waals surface area contributed by atoms with Crippen LogP contribution >= 0.6 is 0 Å². The molecule has 2 rings (SSSR count). The summed E-state index contributed by atoms with van der Waals surface area (Å²) >= 11 is 0. The molecule has 0 heterocycles. The van der Waals surface area contributed by atoms with E-state index in [0.29, 0.717) is 0 Å². The van der Waals surface area contributed by atoms with Crippen molar-refractivity contribution in [1.29, 1.82) is 0 Å². The molecule has 0 amide bonds. The van der Waals surface area contributed by atoms with Gasteiger partial charge < -0.3 is 0 Å². The Morgan fingerprint density at radius 1 is 1.17 bits per heavy atom. The Labute approximate surface area is 72.5 Å². The van der Waals surface area contributed by atoms with E-state index in [9.17, 15) is 0 Å². The first kappa shape index (κ1) is 7.35. The molecule has 0 heteroatoms. The molecule has 12 heavy (non-hydrogen) atoms. The van der Waals surface area contributed by atoms with E-state index in [4.69, 9.17) is 0 Å². The van der Waals surface area contributed by atoms with Crippen LogP contribution in [0.2, 0.25) is 0 Å². The minimum atomic E-state index is 1.34. The average molecular weight is 156 g/mol. The van der Waals surface area contributed by atoms with E-state index in [0.717, 1.165) is 0 Å². The van der Waals surface area contributed by atoms with Gasteiger partial charge in [0.1, 0.15) is 0 Å². The molecule has 0 spiro atoms. The van der Waals surface area contributed by atoms with Crippen LogP contribution in [-0.2, 0) is 0 Å². The van der Waals surface area contributed by atoms with Crippen molar-refractivity contribution in [2.45, 2.75) is 13.8 Å². The van der Waals surface area contributed by atoms with E-state index in [1.165, 1.54) is 21.6 Å². The van der Waals surface area contributed by atoms with Crippen LogP contribution in [0.3, 0.4) is 0 Å². The molecular formula is C12H12. The van der Waals surface area contributed by atoms with E-state index in [2.05, 4.69) is 50.3 Å². The number of hydrogen-bond acceptors (Lipinski definition) is 0. The van der Waals surface area contributed by atoms with Gasteiger partial charge in [0.2, 0.25) is 0 Å². The third-order valence-electron chi connectivity index (χ3n) is 2.35. The molecule has 1 aromatic carbocycles. The summed E-state index contributed by atoms with van der Waals surface area (Å²) in [5.41, 5.74) is 2.72. The number of rotatable bonds is 0. The monoisotopic (exact) mass is 156 g/mol. The van der Waals surface area contributed by atoms with Crippen molar-refractivity contribution in [1.82, 2.24) is 0 Å². The van der Waals surface area contributed by atoms with Gasteiger partial charge in [-0.15, -0.1) is 0 Å². The van der Waals surface area contributed by atoms with E-state index in [-0.39, 0.29) is 0 Å². The topological polar surface area (TPSA) is 0 Å². The molecule has 0 radical (unpaired) electrons. The van der Waals surface area contributed by atoms with Gasteiger partial charge in [0.05, 0.1) is 0 Å². The van der Waals surface area contributed by atoms with Crippen molar-refractivity contribution in [3.05, 3.63) is 40.3 Å². The molecule has 1 aliphatic rings. The summed E-state index contributed by atoms with van der Waals surface area (Å²) in [6.07, 6.45) is 6.52. The van der Waals surface area contributed by atoms with Crippen molar-refractivity contribution < 1.29 is 0 Å². The summed E-state index contributed by atoms with van der Waals surface area (Å²) < 4.78 is 0. The lowest BCUT2D eigenvalue weighted by molar-refractivity contribution is 1.46. The molecule has 0 saturated carbocycles. The molecule has 0 aromatic heterocycles. The maximum atomic E-state index is 2.18. The van der Waals surface area contributed by atoms with Crippen LogP contribution < -0.4 is 10.4 Å². The van der Waals surface area contributed by atoms with Crippen LogP contribution in [0.15, 0.2) is 24.3 Å². The van der Waals surface area contributed by atoms with Crippen LogP contribution in [0.25, 0.3) is 17.7 Å². The predicted molar refractivity (Wildman–Crippen MR) is 53.9 cm³/mol. The molecule has 1 aromatic rings. The largest absolute Gasteiger partial charge is 0.0798 e. The summed E-state index contributed by atoms with van der Waals surface area (Å²) in [4.78, 5) is 0. The lowest BCUT2D eigenvalue weighted by Gasteiger charge is -1.93. The highest BCUT2D eigenvalue weighted by Crippen LogP contribution is 2.06. The van der Waals surface area contributed by atoms with Crippen molar-refractivity contribution in [3.63, 3.8) is 0 Å². The van der Waals surface area contributed by atoms with Crippen LogP contribution in [-0.4, -0.2) is 0 Å². The van der Waals surface area contributed by atoms with Gasteiger partial charge in [-0.1, -0.05) is 36.4 Å². The van der Waals surface area contributed by atoms with E-state index in [1.54, 1.807) is 0 Å². The van der Waals surface area contributed by atoms with Crippen LogP contribution in [0, 0.1) is 0 Å². The Kier molecular flexibility index (Phi) is 1.61. The molecule has 0 saturated heterocycles. The van der Waals surface area contributed by atoms with Gasteiger partial charge >= 0.3 is 0 Å². The second kappa shape index (κ2) is 2.63. The number of hydrogen-bond donors (Lipinski definition) is 0. The molecule has 0 fully saturated rings. The fraction of sp³-hybridized carbons (Fsp3) is 0.167. The third-order valence-corrected chi connectivity index (χ3v) is 2.35. The molecule has 0 N–H and O–H groups in total. The van der Waals surface area contributed by atoms with Gasteiger partial charge in [-0.25, -0.2) is 0 Å². The SMILES string of the molecule is C/C=c1/cccc2c1=C(C)C=C2. The lowest BCUT2D eigenvalue weighted by atomic mass is 10.1. The summed E-state index contributed by atoms with van der Waals surface area (Å²) in [5, 5.41) is 2.75. The van der Waals surface area contributed by atoms with Crippen molar-refractivity contribution in [2.75, 3.05) is 0 Å². The highest BCUT2D eigenvalue weighted by atomic mass is 14.0. The van der Waals surface area contributed by atoms with Gasteiger partial charge in [0.15, 0.2) is 0 Å². The minimum absolute atomic E-state index is 1.34. The summed E-state index contributed by atoms with van der Waals surface area (Å²) in [6.45, 7) is 4.25. The minimum Gasteiger partial charge on any atom is -0.0798 e. The second-order valence-electron chi connectivity index (χ2n) is 3.12. The summed E-state index contributed by atoms with van der Waals surface area (Å²) in [5.74, 6) is 0. The van der Waals surface area contributed by atoms with Crippen molar-refractivity contribution in [3.8, 4) is 0 Å². The fourth-order valence-electron chi connectivity index (χ4n) is 1.72. The maximum absolute atomic E-state index is 2.18. The Morgan fingerprint density at radius 3 is 2.75 bits per heavy atom. The molecule has 0 nitrogen and oxygen atoms in total. The highest BCUT2D eigenvalue weighted by molar-refractivity contribution is 5.74. The first-order valence-corrected chi connectivity index (χ1v) is 4.27. The zero-order valence-corrected chi connectivity index (χ0v) is 7.46. The zero-order valence-electron chi connectivity index (χ0n) is 7.46. The highest BCUT2D eigenvalue weighted by Gasteiger charge is 2.00. The molecule has 0 bridgehead atoms. The zero-order chi connectivity index (χ0) is 8.55. The number of fused-ring (bicyclic) bond motifs is 1. The van der Waals surface area contributed by atoms with Crippen molar-refractivity contribution >= 4 is 17.7 Å². The molecule has 1 aliphatic carbocycles. The normalized spacial score (nSPS) is 15.5. The van der Waals surface area contributed by atoms with E-state index in [1.807, 2.05) is 0 Å². The summed E-state index contributed by atoms with van der Waals surface area (Å²) in [7, 11) is 0. The smallest absolute Gasteiger partial charge is 0.00854 e. The molecule has 0 atom stereocenters. The maximum Gasteiger partial charge on any atom is -0.00854 e. The Hall–Kier alpha value is -1.30. The van der Waals surface area contributed by atoms with E-state index < -0.39 is 0 Å². The van der Waals surface area contributed by atoms with Gasteiger partial charge in [0.25, 0.3) is 0 Å². The average Bonchev–Trinajstić information content (AvgIpc) is 2.48. The van der Waals surface area contributed by atoms with Gasteiger partial charge in [-0.3, -0.25) is 0 Å². The van der Waals surface area contributed by atoms with Gasteiger partial charge in [0, 0.05) is 0 Å². The van der Waals surface area contributed by atoms with Crippen LogP contribution in [0.4, 0.5) is 0 Å². The first-order chi connectivity index (χ1) is 5.83. The standard InChI is InChI=1S/C12H12/c1-3-10-5-4-6-11-8-7-9(2)12(10)11/h3-8H,1-2H3/b10-3-. The van der Waals surface area contributed by atoms with Crippen LogP contribution in [0.5, 0.6) is 0 Å². The van der Waals surface area contributed by atoms with Gasteiger partial charge in [-0.05, 0) is 35.4 Å². The number of allylic oxidation sites excluding steroid dienone is 1. The Balaban J connectivity index is 2.99. The number of benzene rings is 1. The second-order valence-corrected chi connectivity index (χ2v) is 3.12.